The van der Waals surface area contributed by atoms with Gasteiger partial charge in [0.25, 0.3) is 0 Å². The van der Waals surface area contributed by atoms with Gasteiger partial charge in [-0.3, -0.25) is 13.9 Å². The second kappa shape index (κ2) is 13.8. The molecule has 1 aliphatic carbocycles. The van der Waals surface area contributed by atoms with Crippen LogP contribution in [-0.4, -0.2) is 50.0 Å². The Kier molecular flexibility index (Phi) is 10.8. The second-order valence-corrected chi connectivity index (χ2v) is 12.0. The fourth-order valence-corrected chi connectivity index (χ4v) is 5.95. The molecular formula is C28H38ClN3O4S. The molecule has 0 heterocycles. The lowest BCUT2D eigenvalue weighted by molar-refractivity contribution is -0.141. The number of hydrogen-bond donors (Lipinski definition) is 1. The molecule has 0 saturated heterocycles. The number of sulfonamides is 1. The monoisotopic (exact) mass is 547 g/mol. The van der Waals surface area contributed by atoms with Crippen LogP contribution in [0.15, 0.2) is 54.6 Å². The van der Waals surface area contributed by atoms with E-state index in [1.807, 2.05) is 37.3 Å². The van der Waals surface area contributed by atoms with Crippen LogP contribution in [0.25, 0.3) is 0 Å². The molecule has 0 spiro atoms. The first-order chi connectivity index (χ1) is 17.7. The lowest BCUT2D eigenvalue weighted by Crippen LogP contribution is -2.51. The van der Waals surface area contributed by atoms with Gasteiger partial charge < -0.3 is 10.2 Å². The summed E-state index contributed by atoms with van der Waals surface area (Å²) >= 11 is 5.96. The minimum Gasteiger partial charge on any atom is -0.352 e. The van der Waals surface area contributed by atoms with Crippen molar-refractivity contribution in [3.8, 4) is 0 Å². The van der Waals surface area contributed by atoms with Crippen molar-refractivity contribution in [3.05, 3.63) is 65.2 Å². The van der Waals surface area contributed by atoms with Crippen molar-refractivity contribution in [1.29, 1.82) is 0 Å². The van der Waals surface area contributed by atoms with E-state index in [0.29, 0.717) is 30.1 Å². The van der Waals surface area contributed by atoms with Gasteiger partial charge in [-0.1, -0.05) is 68.1 Å². The molecule has 37 heavy (non-hydrogen) atoms. The zero-order chi connectivity index (χ0) is 26.8. The molecule has 2 aromatic carbocycles. The van der Waals surface area contributed by atoms with E-state index in [2.05, 4.69) is 5.32 Å². The molecule has 1 atom stereocenters. The van der Waals surface area contributed by atoms with Gasteiger partial charge in [0.05, 0.1) is 11.9 Å². The van der Waals surface area contributed by atoms with Crippen LogP contribution >= 0.6 is 11.6 Å². The van der Waals surface area contributed by atoms with Gasteiger partial charge in [-0.2, -0.15) is 0 Å². The Labute approximate surface area is 226 Å². The standard InChI is InChI=1S/C28H38ClN3O4S/c1-3-26(28(34)30-24-13-8-5-9-14-24)31(21-22-11-6-4-7-12-22)27(33)15-10-20-32(37(2,35)36)25-18-16-23(29)17-19-25/h4,6-7,11-12,16-19,24,26H,3,5,8-10,13-15,20-21H2,1-2H3,(H,30,34). The number of nitrogens with one attached hydrogen (secondary N) is 1. The Morgan fingerprint density at radius 2 is 1.68 bits per heavy atom. The van der Waals surface area contributed by atoms with Crippen LogP contribution in [0.3, 0.4) is 0 Å². The molecule has 1 N–H and O–H groups in total. The molecule has 0 aliphatic heterocycles. The van der Waals surface area contributed by atoms with Gasteiger partial charge in [-0.15, -0.1) is 0 Å². The molecule has 1 unspecified atom stereocenters. The Balaban J connectivity index is 1.72. The first-order valence-electron chi connectivity index (χ1n) is 13.1. The average molecular weight is 548 g/mol. The Morgan fingerprint density at radius 3 is 2.27 bits per heavy atom. The Hall–Kier alpha value is -2.58. The third-order valence-electron chi connectivity index (χ3n) is 6.80. The van der Waals surface area contributed by atoms with Crippen LogP contribution in [0.4, 0.5) is 5.69 Å². The van der Waals surface area contributed by atoms with Gasteiger partial charge in [0.15, 0.2) is 0 Å². The average Bonchev–Trinajstić information content (AvgIpc) is 2.87. The van der Waals surface area contributed by atoms with Crippen molar-refractivity contribution < 1.29 is 18.0 Å². The van der Waals surface area contributed by atoms with E-state index in [1.165, 1.54) is 10.7 Å². The molecule has 0 bridgehead atoms. The summed E-state index contributed by atoms with van der Waals surface area (Å²) < 4.78 is 26.2. The van der Waals surface area contributed by atoms with Crippen LogP contribution in [0.2, 0.25) is 5.02 Å². The number of amides is 2. The summed E-state index contributed by atoms with van der Waals surface area (Å²) in [4.78, 5) is 28.5. The van der Waals surface area contributed by atoms with Gasteiger partial charge >= 0.3 is 0 Å². The number of carbonyl (C=O) groups excluding carboxylic acids is 2. The summed E-state index contributed by atoms with van der Waals surface area (Å²) in [7, 11) is -3.55. The predicted molar refractivity (Wildman–Crippen MR) is 149 cm³/mol. The van der Waals surface area contributed by atoms with E-state index < -0.39 is 16.1 Å². The van der Waals surface area contributed by atoms with E-state index in [4.69, 9.17) is 11.6 Å². The van der Waals surface area contributed by atoms with Crippen molar-refractivity contribution >= 4 is 39.1 Å². The highest BCUT2D eigenvalue weighted by molar-refractivity contribution is 7.92. The van der Waals surface area contributed by atoms with E-state index >= 15 is 0 Å². The largest absolute Gasteiger partial charge is 0.352 e. The molecule has 3 rings (SSSR count). The van der Waals surface area contributed by atoms with E-state index in [0.717, 1.165) is 37.5 Å². The van der Waals surface area contributed by atoms with Crippen molar-refractivity contribution in [2.24, 2.45) is 0 Å². The second-order valence-electron chi connectivity index (χ2n) is 9.69. The molecule has 9 heteroatoms. The molecule has 1 saturated carbocycles. The maximum atomic E-state index is 13.5. The van der Waals surface area contributed by atoms with Crippen molar-refractivity contribution in [3.63, 3.8) is 0 Å². The van der Waals surface area contributed by atoms with Crippen molar-refractivity contribution in [2.45, 2.75) is 76.9 Å². The number of anilines is 1. The zero-order valence-corrected chi connectivity index (χ0v) is 23.3. The van der Waals surface area contributed by atoms with Crippen LogP contribution in [-0.2, 0) is 26.2 Å². The number of hydrogen-bond acceptors (Lipinski definition) is 4. The molecular weight excluding hydrogens is 510 g/mol. The van der Waals surface area contributed by atoms with Gasteiger partial charge in [0.2, 0.25) is 21.8 Å². The lowest BCUT2D eigenvalue weighted by Gasteiger charge is -2.33. The van der Waals surface area contributed by atoms with Crippen LogP contribution in [0.5, 0.6) is 0 Å². The number of nitrogens with zero attached hydrogens (tertiary/aromatic N) is 2. The maximum absolute atomic E-state index is 13.5. The van der Waals surface area contributed by atoms with Crippen LogP contribution in [0, 0.1) is 0 Å². The molecule has 202 valence electrons. The molecule has 2 amide bonds. The lowest BCUT2D eigenvalue weighted by atomic mass is 9.95. The highest BCUT2D eigenvalue weighted by atomic mass is 35.5. The zero-order valence-electron chi connectivity index (χ0n) is 21.7. The Bertz CT molecular complexity index is 1120. The number of halogens is 1. The van der Waals surface area contributed by atoms with Gasteiger partial charge in [0, 0.05) is 30.6 Å². The highest BCUT2D eigenvalue weighted by Crippen LogP contribution is 2.22. The van der Waals surface area contributed by atoms with Gasteiger partial charge in [0.1, 0.15) is 6.04 Å². The van der Waals surface area contributed by atoms with E-state index in [1.54, 1.807) is 29.2 Å². The minimum absolute atomic E-state index is 0.113. The summed E-state index contributed by atoms with van der Waals surface area (Å²) in [5, 5.41) is 3.69. The molecule has 0 radical (unpaired) electrons. The quantitative estimate of drug-likeness (QED) is 0.398. The summed E-state index contributed by atoms with van der Waals surface area (Å²) in [6.07, 6.45) is 7.45. The van der Waals surface area contributed by atoms with Gasteiger partial charge in [-0.05, 0) is 55.5 Å². The van der Waals surface area contributed by atoms with Crippen LogP contribution in [0.1, 0.15) is 63.9 Å². The molecule has 1 aliphatic rings. The van der Waals surface area contributed by atoms with Crippen molar-refractivity contribution in [1.82, 2.24) is 10.2 Å². The summed E-state index contributed by atoms with van der Waals surface area (Å²) in [5.41, 5.74) is 1.44. The number of benzene rings is 2. The minimum atomic E-state index is -3.55. The van der Waals surface area contributed by atoms with E-state index in [-0.39, 0.29) is 30.8 Å². The summed E-state index contributed by atoms with van der Waals surface area (Å²) in [6, 6.07) is 15.8. The summed E-state index contributed by atoms with van der Waals surface area (Å²) in [6.45, 7) is 2.39. The smallest absolute Gasteiger partial charge is 0.243 e. The molecule has 7 nitrogen and oxygen atoms in total. The first-order valence-corrected chi connectivity index (χ1v) is 15.3. The van der Waals surface area contributed by atoms with Gasteiger partial charge in [-0.25, -0.2) is 8.42 Å². The fraction of sp³-hybridized carbons (Fsp3) is 0.500. The number of rotatable bonds is 12. The maximum Gasteiger partial charge on any atom is 0.243 e. The molecule has 0 aromatic heterocycles. The first kappa shape index (κ1) is 29.0. The highest BCUT2D eigenvalue weighted by Gasteiger charge is 2.30. The van der Waals surface area contributed by atoms with Crippen LogP contribution < -0.4 is 9.62 Å². The Morgan fingerprint density at radius 1 is 1.03 bits per heavy atom. The predicted octanol–water partition coefficient (Wildman–Crippen LogP) is 5.14. The normalized spacial score (nSPS) is 15.1. The SMILES string of the molecule is CCC(C(=O)NC1CCCCC1)N(Cc1ccccc1)C(=O)CCCN(c1ccc(Cl)cc1)S(C)(=O)=O. The van der Waals surface area contributed by atoms with E-state index in [9.17, 15) is 18.0 Å². The third kappa shape index (κ3) is 8.75. The molecule has 2 aromatic rings. The third-order valence-corrected chi connectivity index (χ3v) is 8.25. The fourth-order valence-electron chi connectivity index (χ4n) is 4.86. The number of carbonyl (C=O) groups is 2. The molecule has 1 fully saturated rings. The topological polar surface area (TPSA) is 86.8 Å². The van der Waals surface area contributed by atoms with Crippen molar-refractivity contribution in [2.75, 3.05) is 17.1 Å². The summed E-state index contributed by atoms with van der Waals surface area (Å²) in [5.74, 6) is -0.281.